The molecule has 0 bridgehead atoms. The van der Waals surface area contributed by atoms with Crippen LogP contribution in [0.25, 0.3) is 0 Å². The number of rotatable bonds is 4. The van der Waals surface area contributed by atoms with Crippen LogP contribution in [0.1, 0.15) is 38.7 Å². The molecule has 2 heterocycles. The zero-order valence-corrected chi connectivity index (χ0v) is 12.6. The number of nitrogens with one attached hydrogen (secondary N) is 1. The number of nitrogens with zero attached hydrogens (tertiary/aromatic N) is 2. The van der Waals surface area contributed by atoms with Gasteiger partial charge in [0.25, 0.3) is 10.0 Å². The summed E-state index contributed by atoms with van der Waals surface area (Å²) in [6.07, 6.45) is 4.44. The Morgan fingerprint density at radius 2 is 2.00 bits per heavy atom. The van der Waals surface area contributed by atoms with E-state index in [1.807, 2.05) is 13.8 Å². The molecule has 2 N–H and O–H groups in total. The zero-order valence-electron chi connectivity index (χ0n) is 11.8. The molecule has 20 heavy (non-hydrogen) atoms. The quantitative estimate of drug-likeness (QED) is 0.867. The second-order valence-electron chi connectivity index (χ2n) is 5.29. The molecule has 1 aromatic heterocycles. The van der Waals surface area contributed by atoms with Gasteiger partial charge in [-0.25, -0.2) is 18.4 Å². The van der Waals surface area contributed by atoms with E-state index in [1.165, 1.54) is 12.3 Å². The van der Waals surface area contributed by atoms with E-state index in [4.69, 9.17) is 5.11 Å². The van der Waals surface area contributed by atoms with Gasteiger partial charge in [0.2, 0.25) is 0 Å². The summed E-state index contributed by atoms with van der Waals surface area (Å²) in [6.45, 7) is 3.88. The summed E-state index contributed by atoms with van der Waals surface area (Å²) < 4.78 is 24.6. The first kappa shape index (κ1) is 15.4. The lowest BCUT2D eigenvalue weighted by molar-refractivity contribution is 0.0789. The maximum Gasteiger partial charge on any atom is 0.270 e. The topological polar surface area (TPSA) is 82.5 Å². The molecule has 1 aliphatic rings. The van der Waals surface area contributed by atoms with E-state index in [-0.39, 0.29) is 23.7 Å². The molecule has 0 amide bonds. The van der Waals surface area contributed by atoms with Gasteiger partial charge in [0.1, 0.15) is 0 Å². The van der Waals surface area contributed by atoms with Crippen LogP contribution >= 0.6 is 0 Å². The number of pyridine rings is 1. The van der Waals surface area contributed by atoms with Crippen molar-refractivity contribution in [2.75, 3.05) is 0 Å². The van der Waals surface area contributed by atoms with Gasteiger partial charge >= 0.3 is 0 Å². The van der Waals surface area contributed by atoms with Crippen LogP contribution in [0.15, 0.2) is 23.4 Å². The minimum atomic E-state index is -3.67. The molecule has 0 aromatic carbocycles. The second kappa shape index (κ2) is 6.17. The molecule has 2 unspecified atom stereocenters. The fourth-order valence-electron chi connectivity index (χ4n) is 2.45. The lowest BCUT2D eigenvalue weighted by Crippen LogP contribution is -2.54. The Kier molecular flexibility index (Phi) is 4.74. The molecule has 6 nitrogen and oxygen atoms in total. The largest absolute Gasteiger partial charge is 0.392 e. The van der Waals surface area contributed by atoms with Crippen LogP contribution in [0.2, 0.25) is 0 Å². The molecule has 7 heteroatoms. The van der Waals surface area contributed by atoms with Crippen LogP contribution in [0.5, 0.6) is 0 Å². The Morgan fingerprint density at radius 1 is 1.35 bits per heavy atom. The molecule has 0 spiro atoms. The van der Waals surface area contributed by atoms with E-state index in [0.29, 0.717) is 5.56 Å². The minimum absolute atomic E-state index is 0.0281. The Bertz CT molecular complexity index is 534. The smallest absolute Gasteiger partial charge is 0.270 e. The molecule has 0 radical (unpaired) electrons. The van der Waals surface area contributed by atoms with Crippen molar-refractivity contribution < 1.29 is 13.5 Å². The zero-order chi connectivity index (χ0) is 14.8. The normalized spacial score (nSPS) is 24.8. The molecule has 2 rings (SSSR count). The van der Waals surface area contributed by atoms with Gasteiger partial charge in [-0.15, -0.1) is 4.83 Å². The van der Waals surface area contributed by atoms with E-state index < -0.39 is 10.0 Å². The summed E-state index contributed by atoms with van der Waals surface area (Å²) in [5, 5.41) is 10.7. The summed E-state index contributed by atoms with van der Waals surface area (Å²) in [6, 6.07) is 3.31. The highest BCUT2D eigenvalue weighted by atomic mass is 32.2. The van der Waals surface area contributed by atoms with Crippen LogP contribution in [-0.2, 0) is 16.6 Å². The minimum Gasteiger partial charge on any atom is -0.392 e. The Labute approximate surface area is 119 Å². The van der Waals surface area contributed by atoms with Crippen molar-refractivity contribution in [2.24, 2.45) is 0 Å². The number of hydrogen-bond acceptors (Lipinski definition) is 5. The van der Waals surface area contributed by atoms with Crippen LogP contribution in [0, 0.1) is 0 Å². The summed E-state index contributed by atoms with van der Waals surface area (Å²) in [5.41, 5.74) is 0.587. The van der Waals surface area contributed by atoms with Crippen molar-refractivity contribution in [2.45, 2.75) is 56.8 Å². The molecule has 1 aliphatic heterocycles. The van der Waals surface area contributed by atoms with Crippen LogP contribution in [0.3, 0.4) is 0 Å². The third kappa shape index (κ3) is 3.35. The first-order valence-electron chi connectivity index (χ1n) is 6.80. The maximum absolute atomic E-state index is 12.3. The number of hydrazine groups is 1. The first-order valence-corrected chi connectivity index (χ1v) is 8.29. The highest BCUT2D eigenvalue weighted by Crippen LogP contribution is 2.21. The first-order chi connectivity index (χ1) is 9.44. The van der Waals surface area contributed by atoms with Crippen LogP contribution in [-0.4, -0.2) is 35.6 Å². The predicted molar refractivity (Wildman–Crippen MR) is 75.1 cm³/mol. The van der Waals surface area contributed by atoms with Gasteiger partial charge in [0, 0.05) is 18.3 Å². The van der Waals surface area contributed by atoms with Crippen molar-refractivity contribution in [3.8, 4) is 0 Å². The molecule has 0 saturated carbocycles. The summed E-state index contributed by atoms with van der Waals surface area (Å²) >= 11 is 0. The van der Waals surface area contributed by atoms with Crippen molar-refractivity contribution in [3.63, 3.8) is 0 Å². The molecular formula is C13H21N3O3S. The van der Waals surface area contributed by atoms with Gasteiger partial charge in [0.05, 0.1) is 6.61 Å². The highest BCUT2D eigenvalue weighted by molar-refractivity contribution is 7.89. The third-order valence-corrected chi connectivity index (χ3v) is 4.92. The van der Waals surface area contributed by atoms with Crippen molar-refractivity contribution in [3.05, 3.63) is 23.9 Å². The average Bonchev–Trinajstić information content (AvgIpc) is 2.43. The maximum atomic E-state index is 12.3. The molecule has 1 aromatic rings. The SMILES string of the molecule is CC1CCCC(C)N1NS(=O)(=O)c1ccc(CO)cn1. The number of sulfonamides is 1. The van der Waals surface area contributed by atoms with Crippen molar-refractivity contribution in [1.82, 2.24) is 14.8 Å². The number of hydrogen-bond donors (Lipinski definition) is 2. The summed E-state index contributed by atoms with van der Waals surface area (Å²) in [5.74, 6) is 0. The summed E-state index contributed by atoms with van der Waals surface area (Å²) in [7, 11) is -3.67. The fourth-order valence-corrected chi connectivity index (χ4v) is 3.62. The van der Waals surface area contributed by atoms with Gasteiger partial charge < -0.3 is 5.11 Å². The third-order valence-electron chi connectivity index (χ3n) is 3.67. The number of piperidine rings is 1. The molecule has 112 valence electrons. The predicted octanol–water partition coefficient (Wildman–Crippen LogP) is 1.03. The van der Waals surface area contributed by atoms with Gasteiger partial charge in [-0.2, -0.15) is 0 Å². The van der Waals surface area contributed by atoms with E-state index in [9.17, 15) is 8.42 Å². The van der Waals surface area contributed by atoms with E-state index in [0.717, 1.165) is 19.3 Å². The molecule has 0 aliphatic carbocycles. The van der Waals surface area contributed by atoms with E-state index in [1.54, 1.807) is 11.1 Å². The van der Waals surface area contributed by atoms with E-state index >= 15 is 0 Å². The molecular weight excluding hydrogens is 278 g/mol. The second-order valence-corrected chi connectivity index (χ2v) is 6.90. The monoisotopic (exact) mass is 299 g/mol. The van der Waals surface area contributed by atoms with Gasteiger partial charge in [-0.3, -0.25) is 0 Å². The Hall–Kier alpha value is -1.02. The Balaban J connectivity index is 2.17. The van der Waals surface area contributed by atoms with Crippen LogP contribution < -0.4 is 4.83 Å². The van der Waals surface area contributed by atoms with Crippen molar-refractivity contribution >= 4 is 10.0 Å². The molecule has 2 atom stereocenters. The lowest BCUT2D eigenvalue weighted by Gasteiger charge is -2.38. The van der Waals surface area contributed by atoms with Gasteiger partial charge in [-0.05, 0) is 38.3 Å². The van der Waals surface area contributed by atoms with Gasteiger partial charge in [-0.1, -0.05) is 12.5 Å². The molecule has 1 saturated heterocycles. The van der Waals surface area contributed by atoms with Crippen LogP contribution in [0.4, 0.5) is 0 Å². The lowest BCUT2D eigenvalue weighted by atomic mass is 10.0. The van der Waals surface area contributed by atoms with Gasteiger partial charge in [0.15, 0.2) is 5.03 Å². The molecule has 1 fully saturated rings. The number of aliphatic hydroxyl groups excluding tert-OH is 1. The standard InChI is InChI=1S/C13H21N3O3S/c1-10-4-3-5-11(2)16(10)15-20(18,19)13-7-6-12(9-17)8-14-13/h6-8,10-11,15,17H,3-5,9H2,1-2H3. The van der Waals surface area contributed by atoms with Crippen molar-refractivity contribution in [1.29, 1.82) is 0 Å². The number of aliphatic hydroxyl groups is 1. The van der Waals surface area contributed by atoms with E-state index in [2.05, 4.69) is 9.82 Å². The summed E-state index contributed by atoms with van der Waals surface area (Å²) in [4.78, 5) is 6.53. The fraction of sp³-hybridized carbons (Fsp3) is 0.615. The number of aromatic nitrogens is 1. The Morgan fingerprint density at radius 3 is 2.50 bits per heavy atom. The average molecular weight is 299 g/mol. The highest BCUT2D eigenvalue weighted by Gasteiger charge is 2.29.